The van der Waals surface area contributed by atoms with Crippen LogP contribution in [0.15, 0.2) is 6.20 Å². The Bertz CT molecular complexity index is 412. The second-order valence-electron chi connectivity index (χ2n) is 2.78. The van der Waals surface area contributed by atoms with E-state index < -0.39 is 35.3 Å². The number of hydrogen-bond acceptors (Lipinski definition) is 3. The first-order valence-electron chi connectivity index (χ1n) is 4.12. The Balaban J connectivity index is 3.44. The average Bonchev–Trinajstić information content (AvgIpc) is 2.26. The van der Waals surface area contributed by atoms with Gasteiger partial charge < -0.3 is 4.74 Å². The van der Waals surface area contributed by atoms with Gasteiger partial charge in [0.15, 0.2) is 0 Å². The SMILES string of the molecule is COC(=O)c1c(F)ncc(C(F)F)c1CCl. The number of aromatic nitrogens is 1. The zero-order chi connectivity index (χ0) is 12.3. The van der Waals surface area contributed by atoms with Crippen molar-refractivity contribution in [1.29, 1.82) is 0 Å². The highest BCUT2D eigenvalue weighted by molar-refractivity contribution is 6.17. The third-order valence-corrected chi connectivity index (χ3v) is 2.20. The molecular formula is C9H7ClF3NO2. The van der Waals surface area contributed by atoms with E-state index in [9.17, 15) is 18.0 Å². The largest absolute Gasteiger partial charge is 0.465 e. The quantitative estimate of drug-likeness (QED) is 0.472. The minimum atomic E-state index is -2.88. The minimum Gasteiger partial charge on any atom is -0.465 e. The average molecular weight is 254 g/mol. The van der Waals surface area contributed by atoms with Crippen LogP contribution in [0.3, 0.4) is 0 Å². The van der Waals surface area contributed by atoms with Crippen molar-refractivity contribution in [3.05, 3.63) is 28.8 Å². The molecule has 0 fully saturated rings. The number of methoxy groups -OCH3 is 1. The number of alkyl halides is 3. The molecule has 0 saturated heterocycles. The molecule has 0 unspecified atom stereocenters. The zero-order valence-corrected chi connectivity index (χ0v) is 8.89. The van der Waals surface area contributed by atoms with Crippen LogP contribution in [-0.4, -0.2) is 18.1 Å². The minimum absolute atomic E-state index is 0.295. The predicted octanol–water partition coefficient (Wildman–Crippen LogP) is 2.68. The van der Waals surface area contributed by atoms with Crippen LogP contribution in [0.4, 0.5) is 13.2 Å². The highest BCUT2D eigenvalue weighted by Gasteiger charge is 2.24. The molecule has 0 spiro atoms. The van der Waals surface area contributed by atoms with E-state index in [1.165, 1.54) is 0 Å². The van der Waals surface area contributed by atoms with E-state index in [1.54, 1.807) is 0 Å². The molecule has 0 N–H and O–H groups in total. The van der Waals surface area contributed by atoms with Gasteiger partial charge in [-0.1, -0.05) is 0 Å². The van der Waals surface area contributed by atoms with Crippen LogP contribution in [0.25, 0.3) is 0 Å². The van der Waals surface area contributed by atoms with Crippen LogP contribution in [0.5, 0.6) is 0 Å². The molecule has 0 bridgehead atoms. The molecule has 0 radical (unpaired) electrons. The summed E-state index contributed by atoms with van der Waals surface area (Å²) >= 11 is 5.42. The van der Waals surface area contributed by atoms with Gasteiger partial charge in [0.05, 0.1) is 7.11 Å². The molecule has 1 heterocycles. The van der Waals surface area contributed by atoms with Gasteiger partial charge >= 0.3 is 5.97 Å². The number of nitrogens with zero attached hydrogens (tertiary/aromatic N) is 1. The molecular weight excluding hydrogens is 247 g/mol. The molecule has 1 aromatic heterocycles. The van der Waals surface area contributed by atoms with Gasteiger partial charge in [-0.3, -0.25) is 0 Å². The van der Waals surface area contributed by atoms with Gasteiger partial charge in [-0.2, -0.15) is 4.39 Å². The van der Waals surface area contributed by atoms with E-state index in [1.807, 2.05) is 0 Å². The van der Waals surface area contributed by atoms with Crippen molar-refractivity contribution in [2.75, 3.05) is 7.11 Å². The van der Waals surface area contributed by atoms with Crippen molar-refractivity contribution in [2.45, 2.75) is 12.3 Å². The molecule has 7 heteroatoms. The fourth-order valence-corrected chi connectivity index (χ4v) is 1.47. The number of halogens is 4. The molecule has 0 atom stereocenters. The normalized spacial score (nSPS) is 10.6. The fourth-order valence-electron chi connectivity index (χ4n) is 1.18. The first kappa shape index (κ1) is 12.8. The van der Waals surface area contributed by atoms with Gasteiger partial charge in [-0.25, -0.2) is 18.6 Å². The van der Waals surface area contributed by atoms with Crippen molar-refractivity contribution in [1.82, 2.24) is 4.98 Å². The molecule has 0 aromatic carbocycles. The molecule has 1 aromatic rings. The lowest BCUT2D eigenvalue weighted by Gasteiger charge is -2.10. The lowest BCUT2D eigenvalue weighted by molar-refractivity contribution is 0.0592. The Morgan fingerprint density at radius 3 is 2.69 bits per heavy atom. The van der Waals surface area contributed by atoms with Crippen molar-refractivity contribution in [3.8, 4) is 0 Å². The molecule has 88 valence electrons. The summed E-state index contributed by atoms with van der Waals surface area (Å²) in [5, 5.41) is 0. The third kappa shape index (κ3) is 2.27. The molecule has 0 saturated carbocycles. The van der Waals surface area contributed by atoms with Crippen LogP contribution >= 0.6 is 11.6 Å². The fraction of sp³-hybridized carbons (Fsp3) is 0.333. The Morgan fingerprint density at radius 1 is 1.62 bits per heavy atom. The Hall–Kier alpha value is -1.30. The maximum absolute atomic E-state index is 13.2. The van der Waals surface area contributed by atoms with E-state index in [0.29, 0.717) is 6.20 Å². The topological polar surface area (TPSA) is 39.2 Å². The Labute approximate surface area is 94.2 Å². The predicted molar refractivity (Wildman–Crippen MR) is 50.0 cm³/mol. The number of esters is 1. The van der Waals surface area contributed by atoms with Gasteiger partial charge in [0, 0.05) is 17.6 Å². The van der Waals surface area contributed by atoms with E-state index in [-0.39, 0.29) is 5.56 Å². The van der Waals surface area contributed by atoms with E-state index in [2.05, 4.69) is 9.72 Å². The summed E-state index contributed by atoms with van der Waals surface area (Å²) in [7, 11) is 1.01. The highest BCUT2D eigenvalue weighted by Crippen LogP contribution is 2.27. The third-order valence-electron chi connectivity index (χ3n) is 1.93. The van der Waals surface area contributed by atoms with Crippen LogP contribution in [-0.2, 0) is 10.6 Å². The van der Waals surface area contributed by atoms with Gasteiger partial charge in [-0.15, -0.1) is 11.6 Å². The maximum atomic E-state index is 13.2. The summed E-state index contributed by atoms with van der Waals surface area (Å²) in [6, 6.07) is 0. The number of pyridine rings is 1. The summed E-state index contributed by atoms with van der Waals surface area (Å²) in [4.78, 5) is 14.3. The highest BCUT2D eigenvalue weighted by atomic mass is 35.5. The zero-order valence-electron chi connectivity index (χ0n) is 8.14. The smallest absolute Gasteiger partial charge is 0.342 e. The van der Waals surface area contributed by atoms with Gasteiger partial charge in [0.1, 0.15) is 5.56 Å². The monoisotopic (exact) mass is 253 g/mol. The number of rotatable bonds is 3. The van der Waals surface area contributed by atoms with Crippen molar-refractivity contribution >= 4 is 17.6 Å². The second kappa shape index (κ2) is 5.16. The maximum Gasteiger partial charge on any atom is 0.342 e. The first-order chi connectivity index (χ1) is 7.52. The molecule has 0 amide bonds. The van der Waals surface area contributed by atoms with E-state index in [0.717, 1.165) is 7.11 Å². The van der Waals surface area contributed by atoms with Crippen molar-refractivity contribution < 1.29 is 22.7 Å². The van der Waals surface area contributed by atoms with E-state index >= 15 is 0 Å². The number of carbonyl (C=O) groups excluding carboxylic acids is 1. The van der Waals surface area contributed by atoms with E-state index in [4.69, 9.17) is 11.6 Å². The van der Waals surface area contributed by atoms with Crippen LogP contribution in [0.1, 0.15) is 27.9 Å². The van der Waals surface area contributed by atoms with Crippen LogP contribution in [0.2, 0.25) is 0 Å². The lowest BCUT2D eigenvalue weighted by atomic mass is 10.1. The van der Waals surface area contributed by atoms with Gasteiger partial charge in [0.25, 0.3) is 6.43 Å². The molecule has 0 aliphatic carbocycles. The van der Waals surface area contributed by atoms with Crippen LogP contribution < -0.4 is 0 Å². The Morgan fingerprint density at radius 2 is 2.25 bits per heavy atom. The second-order valence-corrected chi connectivity index (χ2v) is 3.05. The molecule has 0 aliphatic heterocycles. The number of carbonyl (C=O) groups is 1. The summed E-state index contributed by atoms with van der Waals surface area (Å²) in [6.45, 7) is 0. The number of hydrogen-bond donors (Lipinski definition) is 0. The van der Waals surface area contributed by atoms with Gasteiger partial charge in [0.2, 0.25) is 5.95 Å². The number of ether oxygens (including phenoxy) is 1. The molecule has 0 aliphatic rings. The summed E-state index contributed by atoms with van der Waals surface area (Å²) in [5.74, 6) is -2.68. The standard InChI is InChI=1S/C9H7ClF3NO2/c1-16-9(15)6-4(2-10)5(7(11)12)3-14-8(6)13/h3,7H,2H2,1H3. The molecule has 16 heavy (non-hydrogen) atoms. The van der Waals surface area contributed by atoms with Crippen molar-refractivity contribution in [2.24, 2.45) is 0 Å². The summed E-state index contributed by atoms with van der Waals surface area (Å²) in [6.07, 6.45) is -2.23. The Kier molecular flexibility index (Phi) is 4.12. The lowest BCUT2D eigenvalue weighted by Crippen LogP contribution is -2.12. The molecule has 3 nitrogen and oxygen atoms in total. The van der Waals surface area contributed by atoms with Crippen molar-refractivity contribution in [3.63, 3.8) is 0 Å². The molecule has 1 rings (SSSR count). The van der Waals surface area contributed by atoms with Gasteiger partial charge in [-0.05, 0) is 5.56 Å². The summed E-state index contributed by atoms with van der Waals surface area (Å²) < 4.78 is 42.5. The first-order valence-corrected chi connectivity index (χ1v) is 4.66. The summed E-state index contributed by atoms with van der Waals surface area (Å²) in [5.41, 5.74) is -1.51. The van der Waals surface area contributed by atoms with Crippen LogP contribution in [0, 0.1) is 5.95 Å².